The number of nitrogens with zero attached hydrogens (tertiary/aromatic N) is 4. The predicted octanol–water partition coefficient (Wildman–Crippen LogP) is 3.74. The van der Waals surface area contributed by atoms with Gasteiger partial charge in [0.1, 0.15) is 5.75 Å². The van der Waals surface area contributed by atoms with Crippen molar-refractivity contribution in [2.24, 2.45) is 0 Å². The Morgan fingerprint density at radius 2 is 1.72 bits per heavy atom. The van der Waals surface area contributed by atoms with Gasteiger partial charge in [-0.2, -0.15) is 0 Å². The molecule has 1 aromatic carbocycles. The standard InChI is InChI=1S/C20H22N4O/c1-15(18-9-6-7-11-21-18)24(2)14-16-12-22-20(23-13-16)17-8-4-5-10-19(17)25-3/h4-13,15H,14H2,1-3H3. The average Bonchev–Trinajstić information content (AvgIpc) is 2.68. The van der Waals surface area contributed by atoms with Gasteiger partial charge in [0.2, 0.25) is 0 Å². The molecule has 0 aliphatic heterocycles. The molecule has 0 fully saturated rings. The predicted molar refractivity (Wildman–Crippen MR) is 98.1 cm³/mol. The molecule has 3 aromatic rings. The van der Waals surface area contributed by atoms with Crippen LogP contribution in [0.15, 0.2) is 61.1 Å². The first-order valence-electron chi connectivity index (χ1n) is 8.24. The van der Waals surface area contributed by atoms with Crippen LogP contribution in [0.4, 0.5) is 0 Å². The Kier molecular flexibility index (Phi) is 5.36. The molecule has 1 unspecified atom stereocenters. The van der Waals surface area contributed by atoms with Crippen LogP contribution < -0.4 is 4.74 Å². The Morgan fingerprint density at radius 1 is 1.00 bits per heavy atom. The van der Waals surface area contributed by atoms with E-state index in [1.165, 1.54) is 0 Å². The van der Waals surface area contributed by atoms with E-state index in [9.17, 15) is 0 Å². The van der Waals surface area contributed by atoms with E-state index in [0.717, 1.165) is 29.1 Å². The maximum absolute atomic E-state index is 5.38. The average molecular weight is 334 g/mol. The molecule has 0 saturated heterocycles. The van der Waals surface area contributed by atoms with Crippen molar-refractivity contribution >= 4 is 0 Å². The van der Waals surface area contributed by atoms with Gasteiger partial charge in [0.05, 0.1) is 18.4 Å². The van der Waals surface area contributed by atoms with Crippen LogP contribution in [0.3, 0.4) is 0 Å². The number of hydrogen-bond donors (Lipinski definition) is 0. The van der Waals surface area contributed by atoms with Gasteiger partial charge in [-0.25, -0.2) is 9.97 Å². The molecule has 5 nitrogen and oxygen atoms in total. The van der Waals surface area contributed by atoms with E-state index in [1.54, 1.807) is 7.11 Å². The number of pyridine rings is 1. The molecule has 25 heavy (non-hydrogen) atoms. The maximum Gasteiger partial charge on any atom is 0.162 e. The molecule has 5 heteroatoms. The molecule has 128 valence electrons. The second-order valence-corrected chi connectivity index (χ2v) is 5.96. The third-order valence-electron chi connectivity index (χ3n) is 4.26. The molecule has 1 atom stereocenters. The number of aromatic nitrogens is 3. The largest absolute Gasteiger partial charge is 0.496 e. The quantitative estimate of drug-likeness (QED) is 0.687. The summed E-state index contributed by atoms with van der Waals surface area (Å²) in [5.41, 5.74) is 3.01. The first-order chi connectivity index (χ1) is 12.2. The van der Waals surface area contributed by atoms with E-state index in [2.05, 4.69) is 33.8 Å². The van der Waals surface area contributed by atoms with Crippen LogP contribution >= 0.6 is 0 Å². The molecule has 0 radical (unpaired) electrons. The van der Waals surface area contributed by atoms with Gasteiger partial charge >= 0.3 is 0 Å². The fraction of sp³-hybridized carbons (Fsp3) is 0.250. The molecule has 0 bridgehead atoms. The van der Waals surface area contributed by atoms with E-state index in [1.807, 2.05) is 61.1 Å². The second kappa shape index (κ2) is 7.85. The summed E-state index contributed by atoms with van der Waals surface area (Å²) in [4.78, 5) is 15.7. The topological polar surface area (TPSA) is 51.1 Å². The van der Waals surface area contributed by atoms with Crippen LogP contribution in [0.25, 0.3) is 11.4 Å². The zero-order valence-corrected chi connectivity index (χ0v) is 14.8. The van der Waals surface area contributed by atoms with Gasteiger partial charge in [0.15, 0.2) is 5.82 Å². The van der Waals surface area contributed by atoms with Crippen molar-refractivity contribution in [3.8, 4) is 17.1 Å². The van der Waals surface area contributed by atoms with Crippen LogP contribution in [-0.4, -0.2) is 34.0 Å². The molecule has 0 spiro atoms. The van der Waals surface area contributed by atoms with Gasteiger partial charge < -0.3 is 4.74 Å². The highest BCUT2D eigenvalue weighted by Gasteiger charge is 2.14. The van der Waals surface area contributed by atoms with Crippen LogP contribution in [0.1, 0.15) is 24.2 Å². The molecular formula is C20H22N4O. The summed E-state index contributed by atoms with van der Waals surface area (Å²) in [7, 11) is 3.73. The minimum atomic E-state index is 0.218. The van der Waals surface area contributed by atoms with Gasteiger partial charge in [0.25, 0.3) is 0 Å². The van der Waals surface area contributed by atoms with Crippen molar-refractivity contribution in [2.45, 2.75) is 19.5 Å². The van der Waals surface area contributed by atoms with E-state index in [-0.39, 0.29) is 6.04 Å². The van der Waals surface area contributed by atoms with Crippen molar-refractivity contribution in [1.82, 2.24) is 19.9 Å². The number of ether oxygens (including phenoxy) is 1. The van der Waals surface area contributed by atoms with Gasteiger partial charge in [-0.1, -0.05) is 18.2 Å². The highest BCUT2D eigenvalue weighted by Crippen LogP contribution is 2.26. The normalized spacial score (nSPS) is 12.2. The molecule has 2 heterocycles. The number of rotatable bonds is 6. The van der Waals surface area contributed by atoms with E-state index >= 15 is 0 Å². The zero-order chi connectivity index (χ0) is 17.6. The monoisotopic (exact) mass is 334 g/mol. The molecular weight excluding hydrogens is 312 g/mol. The first kappa shape index (κ1) is 17.0. The van der Waals surface area contributed by atoms with Gasteiger partial charge in [0, 0.05) is 36.7 Å². The Morgan fingerprint density at radius 3 is 2.40 bits per heavy atom. The SMILES string of the molecule is COc1ccccc1-c1ncc(CN(C)C(C)c2ccccn2)cn1. The van der Waals surface area contributed by atoms with E-state index in [0.29, 0.717) is 5.82 Å². The lowest BCUT2D eigenvalue weighted by Crippen LogP contribution is -2.22. The molecule has 0 saturated carbocycles. The summed E-state index contributed by atoms with van der Waals surface area (Å²) < 4.78 is 5.38. The smallest absolute Gasteiger partial charge is 0.162 e. The number of hydrogen-bond acceptors (Lipinski definition) is 5. The van der Waals surface area contributed by atoms with E-state index in [4.69, 9.17) is 4.74 Å². The minimum absolute atomic E-state index is 0.218. The third kappa shape index (κ3) is 4.00. The lowest BCUT2D eigenvalue weighted by Gasteiger charge is -2.24. The minimum Gasteiger partial charge on any atom is -0.496 e. The summed E-state index contributed by atoms with van der Waals surface area (Å²) in [6.45, 7) is 2.90. The van der Waals surface area contributed by atoms with Crippen LogP contribution in [-0.2, 0) is 6.54 Å². The Labute approximate surface area is 148 Å². The summed E-state index contributed by atoms with van der Waals surface area (Å²) in [6.07, 6.45) is 5.57. The maximum atomic E-state index is 5.38. The molecule has 0 aliphatic carbocycles. The van der Waals surface area contributed by atoms with Crippen molar-refractivity contribution < 1.29 is 4.74 Å². The Hall–Kier alpha value is -2.79. The van der Waals surface area contributed by atoms with Gasteiger partial charge in [-0.15, -0.1) is 0 Å². The lowest BCUT2D eigenvalue weighted by molar-refractivity contribution is 0.248. The third-order valence-corrected chi connectivity index (χ3v) is 4.26. The molecule has 0 N–H and O–H groups in total. The highest BCUT2D eigenvalue weighted by molar-refractivity contribution is 5.63. The van der Waals surface area contributed by atoms with Crippen LogP contribution in [0, 0.1) is 0 Å². The summed E-state index contributed by atoms with van der Waals surface area (Å²) >= 11 is 0. The summed E-state index contributed by atoms with van der Waals surface area (Å²) in [5.74, 6) is 1.44. The van der Waals surface area contributed by atoms with Crippen molar-refractivity contribution in [2.75, 3.05) is 14.2 Å². The fourth-order valence-electron chi connectivity index (χ4n) is 2.68. The molecule has 0 amide bonds. The lowest BCUT2D eigenvalue weighted by atomic mass is 10.1. The number of para-hydroxylation sites is 1. The Balaban J connectivity index is 1.72. The summed E-state index contributed by atoms with van der Waals surface area (Å²) in [5, 5.41) is 0. The Bertz CT molecular complexity index is 805. The highest BCUT2D eigenvalue weighted by atomic mass is 16.5. The number of methoxy groups -OCH3 is 1. The first-order valence-corrected chi connectivity index (χ1v) is 8.24. The van der Waals surface area contributed by atoms with Gasteiger partial charge in [-0.3, -0.25) is 9.88 Å². The fourth-order valence-corrected chi connectivity index (χ4v) is 2.68. The molecule has 2 aromatic heterocycles. The van der Waals surface area contributed by atoms with Crippen molar-refractivity contribution in [3.63, 3.8) is 0 Å². The van der Waals surface area contributed by atoms with Gasteiger partial charge in [-0.05, 0) is 38.2 Å². The second-order valence-electron chi connectivity index (χ2n) is 5.96. The summed E-state index contributed by atoms with van der Waals surface area (Å²) in [6, 6.07) is 14.0. The van der Waals surface area contributed by atoms with Crippen molar-refractivity contribution in [1.29, 1.82) is 0 Å². The molecule has 0 aliphatic rings. The zero-order valence-electron chi connectivity index (χ0n) is 14.8. The van der Waals surface area contributed by atoms with Crippen molar-refractivity contribution in [3.05, 3.63) is 72.3 Å². The number of benzene rings is 1. The van der Waals surface area contributed by atoms with Crippen LogP contribution in [0.2, 0.25) is 0 Å². The van der Waals surface area contributed by atoms with E-state index < -0.39 is 0 Å². The van der Waals surface area contributed by atoms with Crippen LogP contribution in [0.5, 0.6) is 5.75 Å². The molecule has 3 rings (SSSR count).